The van der Waals surface area contributed by atoms with E-state index >= 15 is 0 Å². The molecule has 0 aliphatic heterocycles. The van der Waals surface area contributed by atoms with Gasteiger partial charge in [0.05, 0.1) is 0 Å². The summed E-state index contributed by atoms with van der Waals surface area (Å²) < 4.78 is 5.87. The van der Waals surface area contributed by atoms with Gasteiger partial charge in [0, 0.05) is 18.2 Å². The lowest BCUT2D eigenvalue weighted by atomic mass is 10.1. The summed E-state index contributed by atoms with van der Waals surface area (Å²) in [6, 6.07) is 15.3. The van der Waals surface area contributed by atoms with Crippen LogP contribution in [0.1, 0.15) is 34.5 Å². The van der Waals surface area contributed by atoms with Crippen molar-refractivity contribution in [1.29, 1.82) is 0 Å². The number of aromatic nitrogens is 2. The third kappa shape index (κ3) is 9.89. The number of aromatic hydroxyl groups is 1. The second kappa shape index (κ2) is 14.6. The molecule has 3 aromatic rings. The lowest BCUT2D eigenvalue weighted by Crippen LogP contribution is -2.36. The van der Waals surface area contributed by atoms with Crippen molar-refractivity contribution >= 4 is 35.9 Å². The first-order valence-corrected chi connectivity index (χ1v) is 11.2. The molecule has 0 aliphatic carbocycles. The van der Waals surface area contributed by atoms with Crippen molar-refractivity contribution in [1.82, 2.24) is 15.5 Å². The summed E-state index contributed by atoms with van der Waals surface area (Å²) in [5.74, 6) is 1.00. The normalized spacial score (nSPS) is 12.6. The molecule has 180 valence electrons. The predicted octanol–water partition coefficient (Wildman–Crippen LogP) is 3.67. The van der Waals surface area contributed by atoms with E-state index in [1.807, 2.05) is 55.5 Å². The van der Waals surface area contributed by atoms with E-state index in [0.29, 0.717) is 6.54 Å². The summed E-state index contributed by atoms with van der Waals surface area (Å²) in [6.45, 7) is 4.69. The predicted molar refractivity (Wildman–Crippen MR) is 136 cm³/mol. The third-order valence-electron chi connectivity index (χ3n) is 4.80. The number of rotatable bonds is 11. The average molecular weight is 494 g/mol. The van der Waals surface area contributed by atoms with Gasteiger partial charge in [0.2, 0.25) is 0 Å². The van der Waals surface area contributed by atoms with Crippen molar-refractivity contribution in [2.75, 3.05) is 13.2 Å². The summed E-state index contributed by atoms with van der Waals surface area (Å²) in [5.41, 5.74) is 2.11. The summed E-state index contributed by atoms with van der Waals surface area (Å²) in [6.07, 6.45) is 5.11. The Kier molecular flexibility index (Phi) is 12.6. The van der Waals surface area contributed by atoms with Crippen molar-refractivity contribution in [3.63, 3.8) is 0 Å². The molecule has 33 heavy (non-hydrogen) atoms. The SMILES string of the molecule is Cc1nnc(/C=C/c2ccccc2OCC(O)CNC(C)CCc2ccc(O)cc2)s1.Cl.O. The van der Waals surface area contributed by atoms with Gasteiger partial charge in [0.1, 0.15) is 34.2 Å². The second-order valence-electron chi connectivity index (χ2n) is 7.51. The van der Waals surface area contributed by atoms with E-state index in [1.165, 1.54) is 16.9 Å². The van der Waals surface area contributed by atoms with Gasteiger partial charge in [-0.25, -0.2) is 0 Å². The van der Waals surface area contributed by atoms with Crippen molar-refractivity contribution in [3.8, 4) is 11.5 Å². The van der Waals surface area contributed by atoms with E-state index in [9.17, 15) is 10.2 Å². The van der Waals surface area contributed by atoms with Crippen LogP contribution in [0, 0.1) is 6.92 Å². The maximum Gasteiger partial charge on any atom is 0.140 e. The number of benzene rings is 2. The smallest absolute Gasteiger partial charge is 0.140 e. The fraction of sp³-hybridized carbons (Fsp3) is 0.333. The van der Waals surface area contributed by atoms with Gasteiger partial charge in [-0.3, -0.25) is 0 Å². The number of nitrogens with zero attached hydrogens (tertiary/aromatic N) is 2. The molecule has 0 aliphatic rings. The van der Waals surface area contributed by atoms with Crippen molar-refractivity contribution in [3.05, 3.63) is 69.7 Å². The Labute approximate surface area is 204 Å². The number of aliphatic hydroxyl groups excluding tert-OH is 1. The number of halogens is 1. The zero-order valence-electron chi connectivity index (χ0n) is 18.8. The molecule has 7 nitrogen and oxygen atoms in total. The average Bonchev–Trinajstić information content (AvgIpc) is 3.20. The number of aryl methyl sites for hydroxylation is 2. The first-order chi connectivity index (χ1) is 15.0. The van der Waals surface area contributed by atoms with Crippen LogP contribution in [0.2, 0.25) is 0 Å². The van der Waals surface area contributed by atoms with Gasteiger partial charge < -0.3 is 25.7 Å². The van der Waals surface area contributed by atoms with Crippen LogP contribution >= 0.6 is 23.7 Å². The number of phenolic OH excluding ortho intramolecular Hbond substituents is 1. The highest BCUT2D eigenvalue weighted by Gasteiger charge is 2.10. The monoisotopic (exact) mass is 493 g/mol. The van der Waals surface area contributed by atoms with Gasteiger partial charge in [-0.2, -0.15) is 0 Å². The summed E-state index contributed by atoms with van der Waals surface area (Å²) in [5, 5.41) is 32.9. The molecule has 3 rings (SSSR count). The second-order valence-corrected chi connectivity index (χ2v) is 8.72. The van der Waals surface area contributed by atoms with E-state index in [1.54, 1.807) is 12.1 Å². The van der Waals surface area contributed by atoms with Crippen LogP contribution in [-0.4, -0.2) is 51.2 Å². The highest BCUT2D eigenvalue weighted by Crippen LogP contribution is 2.21. The molecule has 1 heterocycles. The summed E-state index contributed by atoms with van der Waals surface area (Å²) in [4.78, 5) is 0. The lowest BCUT2D eigenvalue weighted by Gasteiger charge is -2.18. The van der Waals surface area contributed by atoms with Gasteiger partial charge >= 0.3 is 0 Å². The molecular formula is C24H32ClN3O4S. The number of hydrogen-bond donors (Lipinski definition) is 3. The number of para-hydroxylation sites is 1. The van der Waals surface area contributed by atoms with Gasteiger partial charge in [-0.15, -0.1) is 22.6 Å². The molecule has 5 N–H and O–H groups in total. The van der Waals surface area contributed by atoms with E-state index in [-0.39, 0.29) is 36.3 Å². The molecule has 2 atom stereocenters. The maximum absolute atomic E-state index is 10.3. The first-order valence-electron chi connectivity index (χ1n) is 10.4. The Morgan fingerprint density at radius 1 is 1.09 bits per heavy atom. The minimum absolute atomic E-state index is 0. The maximum atomic E-state index is 10.3. The van der Waals surface area contributed by atoms with Crippen LogP contribution in [0.3, 0.4) is 0 Å². The topological polar surface area (TPSA) is 119 Å². The summed E-state index contributed by atoms with van der Waals surface area (Å²) >= 11 is 1.53. The fourth-order valence-corrected chi connectivity index (χ4v) is 3.62. The largest absolute Gasteiger partial charge is 0.508 e. The Morgan fingerprint density at radius 2 is 1.82 bits per heavy atom. The molecule has 9 heteroatoms. The van der Waals surface area contributed by atoms with Gasteiger partial charge in [0.15, 0.2) is 0 Å². The minimum atomic E-state index is -0.612. The van der Waals surface area contributed by atoms with Crippen LogP contribution in [0.15, 0.2) is 48.5 Å². The fourth-order valence-electron chi connectivity index (χ4n) is 3.02. The van der Waals surface area contributed by atoms with Crippen LogP contribution in [-0.2, 0) is 6.42 Å². The molecule has 0 spiro atoms. The van der Waals surface area contributed by atoms with E-state index in [0.717, 1.165) is 34.2 Å². The number of hydrogen-bond acceptors (Lipinski definition) is 7. The third-order valence-corrected chi connectivity index (χ3v) is 5.61. The number of ether oxygens (including phenoxy) is 1. The molecular weight excluding hydrogens is 462 g/mol. The standard InChI is InChI=1S/C24H29N3O3S.ClH.H2O/c1-17(7-8-19-9-12-21(28)13-10-19)25-15-22(29)16-30-23-6-4-3-5-20(23)11-14-24-27-26-18(2)31-24;;/h3-6,9-14,17,22,25,28-29H,7-8,15-16H2,1-2H3;1H;1H2/b14-11+;;. The van der Waals surface area contributed by atoms with Crippen molar-refractivity contribution in [2.45, 2.75) is 38.8 Å². The molecule has 0 saturated carbocycles. The highest BCUT2D eigenvalue weighted by atomic mass is 35.5. The Balaban J connectivity index is 0.00000272. The first kappa shape index (κ1) is 28.5. The lowest BCUT2D eigenvalue weighted by molar-refractivity contribution is 0.104. The highest BCUT2D eigenvalue weighted by molar-refractivity contribution is 7.12. The molecule has 2 aromatic carbocycles. The molecule has 2 unspecified atom stereocenters. The van der Waals surface area contributed by atoms with E-state index in [4.69, 9.17) is 4.74 Å². The van der Waals surface area contributed by atoms with E-state index < -0.39 is 6.10 Å². The number of phenols is 1. The molecule has 0 bridgehead atoms. The van der Waals surface area contributed by atoms with Gasteiger partial charge in [-0.05, 0) is 62.6 Å². The Hall–Kier alpha value is -2.49. The molecule has 0 radical (unpaired) electrons. The number of nitrogens with one attached hydrogen (secondary N) is 1. The summed E-state index contributed by atoms with van der Waals surface area (Å²) in [7, 11) is 0. The van der Waals surface area contributed by atoms with Crippen molar-refractivity contribution < 1.29 is 20.4 Å². The van der Waals surface area contributed by atoms with E-state index in [2.05, 4.69) is 22.4 Å². The molecule has 0 fully saturated rings. The zero-order valence-corrected chi connectivity index (χ0v) is 20.4. The quantitative estimate of drug-likeness (QED) is 0.375. The molecule has 0 amide bonds. The van der Waals surface area contributed by atoms with Crippen LogP contribution in [0.4, 0.5) is 0 Å². The van der Waals surface area contributed by atoms with Gasteiger partial charge in [-0.1, -0.05) is 41.7 Å². The van der Waals surface area contributed by atoms with Crippen molar-refractivity contribution in [2.24, 2.45) is 0 Å². The number of aliphatic hydroxyl groups is 1. The Bertz CT molecular complexity index is 982. The Morgan fingerprint density at radius 3 is 2.52 bits per heavy atom. The molecule has 1 aromatic heterocycles. The molecule has 0 saturated heterocycles. The van der Waals surface area contributed by atoms with Crippen LogP contribution in [0.25, 0.3) is 12.2 Å². The van der Waals surface area contributed by atoms with Gasteiger partial charge in [0.25, 0.3) is 0 Å². The van der Waals surface area contributed by atoms with Crippen LogP contribution < -0.4 is 10.1 Å². The minimum Gasteiger partial charge on any atom is -0.508 e. The van der Waals surface area contributed by atoms with Crippen LogP contribution in [0.5, 0.6) is 11.5 Å². The zero-order chi connectivity index (χ0) is 22.1.